The second kappa shape index (κ2) is 8.18. The molecule has 1 heterocycles. The summed E-state index contributed by atoms with van der Waals surface area (Å²) >= 11 is 7.01. The highest BCUT2D eigenvalue weighted by Gasteiger charge is 2.31. The third-order valence-electron chi connectivity index (χ3n) is 3.66. The third-order valence-corrected chi connectivity index (χ3v) is 7.53. The fourth-order valence-electron chi connectivity index (χ4n) is 2.63. The summed E-state index contributed by atoms with van der Waals surface area (Å²) in [6.45, 7) is 5.04. The highest BCUT2D eigenvalue weighted by atomic mass is 79.9. The predicted octanol–water partition coefficient (Wildman–Crippen LogP) is 4.49. The Kier molecular flexibility index (Phi) is 6.84. The van der Waals surface area contributed by atoms with Crippen LogP contribution in [-0.2, 0) is 6.42 Å². The first-order valence-corrected chi connectivity index (χ1v) is 10.0. The van der Waals surface area contributed by atoms with E-state index in [0.29, 0.717) is 21.4 Å². The Bertz CT molecular complexity index is 487. The fraction of sp³-hybridized carbons (Fsp3) is 0.600. The van der Waals surface area contributed by atoms with Crippen molar-refractivity contribution in [3.63, 3.8) is 0 Å². The van der Waals surface area contributed by atoms with Gasteiger partial charge in [-0.2, -0.15) is 23.5 Å². The van der Waals surface area contributed by atoms with Gasteiger partial charge in [0.25, 0.3) is 0 Å². The molecule has 6 heteroatoms. The molecular formula is C15H20BrF2NS2. The molecule has 21 heavy (non-hydrogen) atoms. The first-order valence-electron chi connectivity index (χ1n) is 7.13. The minimum absolute atomic E-state index is 0.0844. The molecule has 1 saturated heterocycles. The van der Waals surface area contributed by atoms with E-state index in [-0.39, 0.29) is 11.6 Å². The molecule has 1 aromatic carbocycles. The SMILES string of the molecule is CCNC(Cc1c(F)ccc(Br)c1F)C1SCCSC1C. The van der Waals surface area contributed by atoms with E-state index >= 15 is 0 Å². The van der Waals surface area contributed by atoms with Gasteiger partial charge in [0, 0.05) is 33.6 Å². The maximum Gasteiger partial charge on any atom is 0.143 e. The summed E-state index contributed by atoms with van der Waals surface area (Å²) in [6.07, 6.45) is 0.382. The van der Waals surface area contributed by atoms with Gasteiger partial charge in [-0.3, -0.25) is 0 Å². The highest BCUT2D eigenvalue weighted by Crippen LogP contribution is 2.35. The van der Waals surface area contributed by atoms with Crippen LogP contribution in [0, 0.1) is 11.6 Å². The molecule has 0 aliphatic carbocycles. The van der Waals surface area contributed by atoms with Crippen molar-refractivity contribution >= 4 is 39.5 Å². The lowest BCUT2D eigenvalue weighted by Crippen LogP contribution is -2.46. The van der Waals surface area contributed by atoms with Crippen molar-refractivity contribution in [1.29, 1.82) is 0 Å². The lowest BCUT2D eigenvalue weighted by atomic mass is 10.0. The Morgan fingerprint density at radius 3 is 2.71 bits per heavy atom. The van der Waals surface area contributed by atoms with E-state index in [1.54, 1.807) is 0 Å². The zero-order valence-electron chi connectivity index (χ0n) is 12.2. The number of nitrogens with one attached hydrogen (secondary N) is 1. The van der Waals surface area contributed by atoms with Crippen LogP contribution >= 0.6 is 39.5 Å². The van der Waals surface area contributed by atoms with Gasteiger partial charge in [0.05, 0.1) is 4.47 Å². The van der Waals surface area contributed by atoms with Crippen LogP contribution < -0.4 is 5.32 Å². The fourth-order valence-corrected chi connectivity index (χ4v) is 5.97. The topological polar surface area (TPSA) is 12.0 Å². The van der Waals surface area contributed by atoms with E-state index in [2.05, 4.69) is 28.2 Å². The molecule has 0 bridgehead atoms. The minimum Gasteiger partial charge on any atom is -0.313 e. The third kappa shape index (κ3) is 4.36. The minimum atomic E-state index is -0.473. The van der Waals surface area contributed by atoms with E-state index in [4.69, 9.17) is 0 Å². The van der Waals surface area contributed by atoms with Gasteiger partial charge in [0.15, 0.2) is 0 Å². The first-order chi connectivity index (χ1) is 10.0. The van der Waals surface area contributed by atoms with Crippen LogP contribution in [-0.4, -0.2) is 34.6 Å². The summed E-state index contributed by atoms with van der Waals surface area (Å²) in [4.78, 5) is 0. The van der Waals surface area contributed by atoms with E-state index in [9.17, 15) is 8.78 Å². The van der Waals surface area contributed by atoms with Crippen LogP contribution in [0.15, 0.2) is 16.6 Å². The summed E-state index contributed by atoms with van der Waals surface area (Å²) in [5.74, 6) is 1.32. The van der Waals surface area contributed by atoms with Gasteiger partial charge in [-0.1, -0.05) is 13.8 Å². The highest BCUT2D eigenvalue weighted by molar-refractivity contribution is 9.10. The van der Waals surface area contributed by atoms with E-state index in [0.717, 1.165) is 18.1 Å². The quantitative estimate of drug-likeness (QED) is 0.737. The predicted molar refractivity (Wildman–Crippen MR) is 93.4 cm³/mol. The van der Waals surface area contributed by atoms with Crippen LogP contribution in [0.2, 0.25) is 0 Å². The second-order valence-corrected chi connectivity index (χ2v) is 8.73. The molecule has 3 unspecified atom stereocenters. The lowest BCUT2D eigenvalue weighted by Gasteiger charge is -2.35. The van der Waals surface area contributed by atoms with Crippen molar-refractivity contribution in [3.8, 4) is 0 Å². The van der Waals surface area contributed by atoms with Crippen molar-refractivity contribution in [3.05, 3.63) is 33.8 Å². The average molecular weight is 396 g/mol. The monoisotopic (exact) mass is 395 g/mol. The largest absolute Gasteiger partial charge is 0.313 e. The van der Waals surface area contributed by atoms with E-state index in [1.165, 1.54) is 12.1 Å². The number of likely N-dealkylation sites (N-methyl/N-ethyl adjacent to an activating group) is 1. The molecule has 1 N–H and O–H groups in total. The average Bonchev–Trinajstić information content (AvgIpc) is 2.47. The summed E-state index contributed by atoms with van der Waals surface area (Å²) in [7, 11) is 0. The smallest absolute Gasteiger partial charge is 0.143 e. The van der Waals surface area contributed by atoms with Crippen molar-refractivity contribution in [2.24, 2.45) is 0 Å². The number of rotatable bonds is 5. The molecule has 1 aromatic rings. The first kappa shape index (κ1) is 17.6. The molecule has 0 saturated carbocycles. The second-order valence-electron chi connectivity index (χ2n) is 5.10. The van der Waals surface area contributed by atoms with E-state index in [1.807, 2.05) is 30.4 Å². The lowest BCUT2D eigenvalue weighted by molar-refractivity contribution is 0.470. The molecule has 0 amide bonds. The number of hydrogen-bond acceptors (Lipinski definition) is 3. The van der Waals surface area contributed by atoms with Gasteiger partial charge in [-0.05, 0) is 41.0 Å². The van der Waals surface area contributed by atoms with Crippen LogP contribution in [0.5, 0.6) is 0 Å². The van der Waals surface area contributed by atoms with Crippen molar-refractivity contribution in [2.45, 2.75) is 36.8 Å². The Labute approximate surface area is 142 Å². The van der Waals surface area contributed by atoms with Crippen LogP contribution in [0.4, 0.5) is 8.78 Å². The van der Waals surface area contributed by atoms with Gasteiger partial charge < -0.3 is 5.32 Å². The molecule has 0 aromatic heterocycles. The van der Waals surface area contributed by atoms with Crippen molar-refractivity contribution in [2.75, 3.05) is 18.1 Å². The molecule has 1 fully saturated rings. The Hall–Kier alpha value is 0.220. The van der Waals surface area contributed by atoms with Gasteiger partial charge in [0.1, 0.15) is 11.6 Å². The Morgan fingerprint density at radius 1 is 1.33 bits per heavy atom. The molecule has 0 radical (unpaired) electrons. The molecule has 1 nitrogen and oxygen atoms in total. The van der Waals surface area contributed by atoms with Gasteiger partial charge in [0.2, 0.25) is 0 Å². The number of benzene rings is 1. The van der Waals surface area contributed by atoms with Crippen LogP contribution in [0.3, 0.4) is 0 Å². The molecule has 0 spiro atoms. The molecule has 3 atom stereocenters. The standard InChI is InChI=1S/C15H20BrF2NS2/c1-3-19-13(15-9(2)20-6-7-21-15)8-10-12(17)5-4-11(16)14(10)18/h4-5,9,13,15,19H,3,6-8H2,1-2H3. The zero-order valence-corrected chi connectivity index (χ0v) is 15.4. The van der Waals surface area contributed by atoms with Gasteiger partial charge in [-0.15, -0.1) is 0 Å². The Morgan fingerprint density at radius 2 is 2.05 bits per heavy atom. The van der Waals surface area contributed by atoms with Gasteiger partial charge >= 0.3 is 0 Å². The number of hydrogen-bond donors (Lipinski definition) is 1. The molecule has 118 valence electrons. The summed E-state index contributed by atoms with van der Waals surface area (Å²) in [6, 6.07) is 2.84. The van der Waals surface area contributed by atoms with Crippen molar-refractivity contribution < 1.29 is 8.78 Å². The van der Waals surface area contributed by atoms with Gasteiger partial charge in [-0.25, -0.2) is 8.78 Å². The molecule has 1 aliphatic rings. The Balaban J connectivity index is 2.22. The number of thioether (sulfide) groups is 2. The molecule has 1 aliphatic heterocycles. The van der Waals surface area contributed by atoms with Crippen molar-refractivity contribution in [1.82, 2.24) is 5.32 Å². The normalized spacial score (nSPS) is 24.0. The summed E-state index contributed by atoms with van der Waals surface area (Å²) in [5.41, 5.74) is 0.179. The number of halogens is 3. The summed E-state index contributed by atoms with van der Waals surface area (Å²) in [5, 5.41) is 4.29. The van der Waals surface area contributed by atoms with Crippen LogP contribution in [0.25, 0.3) is 0 Å². The molecular weight excluding hydrogens is 376 g/mol. The summed E-state index contributed by atoms with van der Waals surface area (Å²) < 4.78 is 28.5. The maximum absolute atomic E-state index is 14.2. The zero-order chi connectivity index (χ0) is 15.4. The molecule has 2 rings (SSSR count). The van der Waals surface area contributed by atoms with Crippen LogP contribution in [0.1, 0.15) is 19.4 Å². The van der Waals surface area contributed by atoms with E-state index < -0.39 is 11.6 Å². The maximum atomic E-state index is 14.2.